The van der Waals surface area contributed by atoms with Crippen LogP contribution in [0.25, 0.3) is 0 Å². The van der Waals surface area contributed by atoms with Gasteiger partial charge in [0.25, 0.3) is 0 Å². The molecule has 0 aromatic heterocycles. The van der Waals surface area contributed by atoms with Gasteiger partial charge in [-0.05, 0) is 6.92 Å². The second kappa shape index (κ2) is 8.20. The van der Waals surface area contributed by atoms with Crippen LogP contribution in [0.15, 0.2) is 12.2 Å². The first kappa shape index (κ1) is 27.3. The van der Waals surface area contributed by atoms with Gasteiger partial charge in [-0.3, -0.25) is 0 Å². The molecule has 0 saturated carbocycles. The fourth-order valence-corrected chi connectivity index (χ4v) is 1.64. The van der Waals surface area contributed by atoms with Gasteiger partial charge in [0.2, 0.25) is 0 Å². The highest BCUT2D eigenvalue weighted by Crippen LogP contribution is 2.55. The van der Waals surface area contributed by atoms with E-state index in [0.29, 0.717) is 0 Å². The molecule has 0 aromatic carbocycles. The van der Waals surface area contributed by atoms with Crippen molar-refractivity contribution in [1.29, 1.82) is 0 Å². The van der Waals surface area contributed by atoms with Gasteiger partial charge in [-0.25, -0.2) is 4.79 Å². The van der Waals surface area contributed by atoms with Gasteiger partial charge in [0.05, 0.1) is 13.0 Å². The summed E-state index contributed by atoms with van der Waals surface area (Å²) in [7, 11) is 0. The predicted octanol–water partition coefficient (Wildman–Crippen LogP) is 6.01. The highest BCUT2D eigenvalue weighted by atomic mass is 19.4. The van der Waals surface area contributed by atoms with Gasteiger partial charge in [-0.1, -0.05) is 6.58 Å². The molecule has 0 radical (unpaired) electrons. The topological polar surface area (TPSA) is 26.3 Å². The zero-order valence-electron chi connectivity index (χ0n) is 14.3. The van der Waals surface area contributed by atoms with Crippen molar-refractivity contribution in [2.45, 2.75) is 62.0 Å². The summed E-state index contributed by atoms with van der Waals surface area (Å²) in [5, 5.41) is 0. The number of esters is 1. The number of halogens is 13. The minimum atomic E-state index is -7.32. The summed E-state index contributed by atoms with van der Waals surface area (Å²) in [5.41, 5.74) is -0.312. The van der Waals surface area contributed by atoms with Crippen LogP contribution >= 0.6 is 0 Å². The molecule has 0 aliphatic heterocycles. The van der Waals surface area contributed by atoms with E-state index in [0.717, 1.165) is 6.92 Å². The average Bonchev–Trinajstić information content (AvgIpc) is 2.51. The Morgan fingerprint density at radius 3 is 1.45 bits per heavy atom. The number of carbonyl (C=O) groups is 1. The van der Waals surface area contributed by atoms with E-state index in [4.69, 9.17) is 0 Å². The third kappa shape index (κ3) is 5.68. The molecule has 172 valence electrons. The van der Waals surface area contributed by atoms with Gasteiger partial charge in [0.1, 0.15) is 0 Å². The first-order valence-corrected chi connectivity index (χ1v) is 7.32. The number of alkyl halides is 13. The van der Waals surface area contributed by atoms with Gasteiger partial charge < -0.3 is 4.74 Å². The molecule has 0 rings (SSSR count). The predicted molar refractivity (Wildman–Crippen MR) is 70.4 cm³/mol. The van der Waals surface area contributed by atoms with E-state index in [9.17, 15) is 61.9 Å². The minimum Gasteiger partial charge on any atom is -0.462 e. The van der Waals surface area contributed by atoms with Crippen molar-refractivity contribution in [3.05, 3.63) is 12.2 Å². The summed E-state index contributed by atoms with van der Waals surface area (Å²) < 4.78 is 171. The molecule has 0 atom stereocenters. The van der Waals surface area contributed by atoms with Crippen molar-refractivity contribution in [2.75, 3.05) is 6.61 Å². The maximum atomic E-state index is 13.4. The lowest BCUT2D eigenvalue weighted by Gasteiger charge is -2.35. The van der Waals surface area contributed by atoms with Crippen molar-refractivity contribution in [3.63, 3.8) is 0 Å². The summed E-state index contributed by atoms with van der Waals surface area (Å²) in [6.07, 6.45) is -15.1. The Morgan fingerprint density at radius 1 is 0.690 bits per heavy atom. The number of hydrogen-bond donors (Lipinski definition) is 0. The van der Waals surface area contributed by atoms with E-state index in [1.807, 2.05) is 0 Å². The Balaban J connectivity index is 5.29. The molecule has 29 heavy (non-hydrogen) atoms. The van der Waals surface area contributed by atoms with Crippen LogP contribution in [0.5, 0.6) is 0 Å². The molecule has 0 fully saturated rings. The molecule has 2 nitrogen and oxygen atoms in total. The molecule has 15 heteroatoms. The van der Waals surface area contributed by atoms with Crippen LogP contribution in [0.2, 0.25) is 0 Å². The molecular formula is C14H13F13O2. The van der Waals surface area contributed by atoms with Crippen LogP contribution in [-0.4, -0.2) is 48.4 Å². The fourth-order valence-electron chi connectivity index (χ4n) is 1.64. The van der Waals surface area contributed by atoms with Gasteiger partial charge >= 0.3 is 41.8 Å². The minimum absolute atomic E-state index is 0.312. The third-order valence-electron chi connectivity index (χ3n) is 3.50. The lowest BCUT2D eigenvalue weighted by Crippen LogP contribution is -2.61. The number of carbonyl (C=O) groups excluding carboxylic acids is 1. The second-order valence-corrected chi connectivity index (χ2v) is 5.93. The largest absolute Gasteiger partial charge is 0.462 e. The average molecular weight is 460 g/mol. The maximum Gasteiger partial charge on any atom is 0.460 e. The van der Waals surface area contributed by atoms with Gasteiger partial charge in [-0.2, -0.15) is 57.1 Å². The van der Waals surface area contributed by atoms with Crippen LogP contribution in [0, 0.1) is 0 Å². The Morgan fingerprint density at radius 2 is 1.07 bits per heavy atom. The van der Waals surface area contributed by atoms with E-state index < -0.39 is 67.6 Å². The third-order valence-corrected chi connectivity index (χ3v) is 3.50. The molecule has 0 aliphatic rings. The van der Waals surface area contributed by atoms with Crippen molar-refractivity contribution >= 4 is 5.97 Å². The Bertz CT molecular complexity index is 607. The molecule has 0 heterocycles. The maximum absolute atomic E-state index is 13.4. The van der Waals surface area contributed by atoms with E-state index >= 15 is 0 Å². The molecule has 0 aliphatic carbocycles. The van der Waals surface area contributed by atoms with Crippen molar-refractivity contribution in [3.8, 4) is 0 Å². The molecular weight excluding hydrogens is 447 g/mol. The van der Waals surface area contributed by atoms with Gasteiger partial charge in [0, 0.05) is 18.4 Å². The lowest BCUT2D eigenvalue weighted by molar-refractivity contribution is -0.398. The summed E-state index contributed by atoms with van der Waals surface area (Å²) in [4.78, 5) is 10.9. The number of hydrogen-bond acceptors (Lipinski definition) is 2. The Labute approximate surface area is 154 Å². The Kier molecular flexibility index (Phi) is 7.72. The normalized spacial score (nSPS) is 14.7. The standard InChI is InChI=1S/C14H13F13O2/c1-7(2)8(28)29-6-5-10(17,18)9(15,16)3-4-11(19,20)12(21,22)13(23,24)14(25,26)27/h1,3-6H2,2H3. The van der Waals surface area contributed by atoms with Crippen molar-refractivity contribution in [2.24, 2.45) is 0 Å². The van der Waals surface area contributed by atoms with E-state index in [2.05, 4.69) is 11.3 Å². The number of rotatable bonds is 10. The molecule has 0 amide bonds. The molecule has 0 spiro atoms. The molecule has 0 saturated heterocycles. The van der Waals surface area contributed by atoms with Crippen molar-refractivity contribution < 1.29 is 66.6 Å². The first-order valence-electron chi connectivity index (χ1n) is 7.32. The molecule has 0 bridgehead atoms. The van der Waals surface area contributed by atoms with Gasteiger partial charge in [-0.15, -0.1) is 0 Å². The summed E-state index contributed by atoms with van der Waals surface area (Å²) in [6.45, 7) is 2.71. The zero-order valence-corrected chi connectivity index (χ0v) is 14.3. The summed E-state index contributed by atoms with van der Waals surface area (Å²) in [6, 6.07) is 0. The molecule has 0 N–H and O–H groups in total. The highest BCUT2D eigenvalue weighted by Gasteiger charge is 2.81. The summed E-state index contributed by atoms with van der Waals surface area (Å²) in [5.74, 6) is -33.0. The quantitative estimate of drug-likeness (QED) is 0.227. The van der Waals surface area contributed by atoms with Crippen molar-refractivity contribution in [1.82, 2.24) is 0 Å². The molecule has 0 unspecified atom stereocenters. The smallest absolute Gasteiger partial charge is 0.460 e. The lowest BCUT2D eigenvalue weighted by atomic mass is 9.95. The first-order chi connectivity index (χ1) is 12.5. The highest BCUT2D eigenvalue weighted by molar-refractivity contribution is 5.86. The van der Waals surface area contributed by atoms with Gasteiger partial charge in [0.15, 0.2) is 0 Å². The van der Waals surface area contributed by atoms with Crippen LogP contribution in [-0.2, 0) is 9.53 Å². The monoisotopic (exact) mass is 460 g/mol. The molecule has 0 aromatic rings. The van der Waals surface area contributed by atoms with E-state index in [1.165, 1.54) is 0 Å². The summed E-state index contributed by atoms with van der Waals surface area (Å²) >= 11 is 0. The SMILES string of the molecule is C=C(C)C(=O)OCCC(F)(F)C(F)(F)CCC(F)(F)C(F)(F)C(F)(F)C(F)(F)F. The Hall–Kier alpha value is -1.70. The number of ether oxygens (including phenoxy) is 1. The van der Waals surface area contributed by atoms with Crippen LogP contribution in [0.4, 0.5) is 57.1 Å². The fraction of sp³-hybridized carbons (Fsp3) is 0.786. The second-order valence-electron chi connectivity index (χ2n) is 5.93. The van der Waals surface area contributed by atoms with Crippen LogP contribution in [0.3, 0.4) is 0 Å². The van der Waals surface area contributed by atoms with Crippen LogP contribution < -0.4 is 0 Å². The van der Waals surface area contributed by atoms with E-state index in [1.54, 1.807) is 0 Å². The van der Waals surface area contributed by atoms with Crippen LogP contribution in [0.1, 0.15) is 26.2 Å². The van der Waals surface area contributed by atoms with E-state index in [-0.39, 0.29) is 5.57 Å². The zero-order chi connectivity index (χ0) is 23.7.